The van der Waals surface area contributed by atoms with Gasteiger partial charge in [-0.3, -0.25) is 4.79 Å². The number of carbonyl (C=O) groups excluding carboxylic acids is 1. The van der Waals surface area contributed by atoms with E-state index < -0.39 is 0 Å². The van der Waals surface area contributed by atoms with Crippen LogP contribution in [0.25, 0.3) is 0 Å². The van der Waals surface area contributed by atoms with E-state index in [0.717, 1.165) is 18.2 Å². The Morgan fingerprint density at radius 1 is 1.31 bits per heavy atom. The Morgan fingerprint density at radius 3 is 2.62 bits per heavy atom. The molecule has 4 heteroatoms. The van der Waals surface area contributed by atoms with E-state index in [9.17, 15) is 4.79 Å². The molecule has 1 aliphatic rings. The number of carbonyl (C=O) groups is 1. The fourth-order valence-corrected chi connectivity index (χ4v) is 1.58. The summed E-state index contributed by atoms with van der Waals surface area (Å²) in [6.45, 7) is 1.33. The fraction of sp³-hybridized carbons (Fsp3) is 0.417. The van der Waals surface area contributed by atoms with Gasteiger partial charge in [-0.1, -0.05) is 11.6 Å². The molecule has 1 aromatic carbocycles. The molecule has 2 rings (SSSR count). The van der Waals surface area contributed by atoms with Gasteiger partial charge in [0, 0.05) is 10.7 Å². The average molecular weight is 239 g/mol. The van der Waals surface area contributed by atoms with Crippen LogP contribution in [0.1, 0.15) is 12.8 Å². The van der Waals surface area contributed by atoms with Crippen molar-refractivity contribution in [2.24, 2.45) is 5.92 Å². The zero-order valence-electron chi connectivity index (χ0n) is 9.00. The van der Waals surface area contributed by atoms with Crippen LogP contribution in [-0.2, 0) is 4.79 Å². The third-order valence-electron chi connectivity index (χ3n) is 2.54. The average Bonchev–Trinajstić information content (AvgIpc) is 3.05. The van der Waals surface area contributed by atoms with Gasteiger partial charge in [0.15, 0.2) is 0 Å². The summed E-state index contributed by atoms with van der Waals surface area (Å²) in [7, 11) is 0. The first kappa shape index (κ1) is 11.4. The molecule has 0 radical (unpaired) electrons. The number of hydrogen-bond donors (Lipinski definition) is 2. The van der Waals surface area contributed by atoms with Crippen LogP contribution in [0.5, 0.6) is 0 Å². The van der Waals surface area contributed by atoms with Gasteiger partial charge in [0.1, 0.15) is 0 Å². The minimum Gasteiger partial charge on any atom is -0.325 e. The van der Waals surface area contributed by atoms with E-state index in [1.54, 1.807) is 24.3 Å². The molecule has 0 unspecified atom stereocenters. The van der Waals surface area contributed by atoms with Gasteiger partial charge in [0.05, 0.1) is 6.54 Å². The van der Waals surface area contributed by atoms with E-state index in [4.69, 9.17) is 11.6 Å². The molecule has 16 heavy (non-hydrogen) atoms. The SMILES string of the molecule is O=C(CNCC1CC1)Nc1ccc(Cl)cc1. The third-order valence-corrected chi connectivity index (χ3v) is 2.80. The van der Waals surface area contributed by atoms with Crippen LogP contribution in [0.3, 0.4) is 0 Å². The first-order chi connectivity index (χ1) is 7.74. The molecular formula is C12H15ClN2O. The molecule has 0 aliphatic heterocycles. The van der Waals surface area contributed by atoms with Crippen molar-refractivity contribution in [3.63, 3.8) is 0 Å². The number of rotatable bonds is 5. The number of anilines is 1. The first-order valence-electron chi connectivity index (χ1n) is 5.50. The van der Waals surface area contributed by atoms with E-state index in [-0.39, 0.29) is 5.91 Å². The summed E-state index contributed by atoms with van der Waals surface area (Å²) < 4.78 is 0. The Kier molecular flexibility index (Phi) is 3.80. The van der Waals surface area contributed by atoms with Gasteiger partial charge in [0.25, 0.3) is 0 Å². The second-order valence-electron chi connectivity index (χ2n) is 4.13. The maximum Gasteiger partial charge on any atom is 0.238 e. The molecule has 1 fully saturated rings. The summed E-state index contributed by atoms with van der Waals surface area (Å²) in [5, 5.41) is 6.61. The lowest BCUT2D eigenvalue weighted by atomic mass is 10.3. The van der Waals surface area contributed by atoms with E-state index >= 15 is 0 Å². The van der Waals surface area contributed by atoms with Crippen molar-refractivity contribution in [2.45, 2.75) is 12.8 Å². The minimum atomic E-state index is -0.0111. The van der Waals surface area contributed by atoms with E-state index in [1.807, 2.05) is 0 Å². The maximum absolute atomic E-state index is 11.5. The summed E-state index contributed by atoms with van der Waals surface area (Å²) >= 11 is 5.75. The van der Waals surface area contributed by atoms with Crippen LogP contribution in [0.2, 0.25) is 5.02 Å². The van der Waals surface area contributed by atoms with Crippen LogP contribution < -0.4 is 10.6 Å². The Hall–Kier alpha value is -1.06. The molecule has 1 aromatic rings. The summed E-state index contributed by atoms with van der Waals surface area (Å²) in [5.41, 5.74) is 0.780. The molecule has 0 bridgehead atoms. The van der Waals surface area contributed by atoms with Gasteiger partial charge in [-0.05, 0) is 49.6 Å². The quantitative estimate of drug-likeness (QED) is 0.827. The van der Waals surface area contributed by atoms with Crippen molar-refractivity contribution in [1.82, 2.24) is 5.32 Å². The summed E-state index contributed by atoms with van der Waals surface area (Å²) in [6.07, 6.45) is 2.59. The Labute approximate surface area is 100 Å². The number of nitrogens with one attached hydrogen (secondary N) is 2. The molecule has 0 aromatic heterocycles. The molecule has 2 N–H and O–H groups in total. The molecule has 0 atom stereocenters. The molecule has 86 valence electrons. The number of benzene rings is 1. The van der Waals surface area contributed by atoms with Crippen molar-refractivity contribution in [3.8, 4) is 0 Å². The molecule has 1 saturated carbocycles. The van der Waals surface area contributed by atoms with E-state index in [1.165, 1.54) is 12.8 Å². The second kappa shape index (κ2) is 5.32. The second-order valence-corrected chi connectivity index (χ2v) is 4.57. The highest BCUT2D eigenvalue weighted by molar-refractivity contribution is 6.30. The highest BCUT2D eigenvalue weighted by atomic mass is 35.5. The highest BCUT2D eigenvalue weighted by Crippen LogP contribution is 2.27. The zero-order valence-corrected chi connectivity index (χ0v) is 9.76. The lowest BCUT2D eigenvalue weighted by Crippen LogP contribution is -2.29. The predicted octanol–water partition coefficient (Wildman–Crippen LogP) is 2.28. The van der Waals surface area contributed by atoms with Crippen molar-refractivity contribution in [3.05, 3.63) is 29.3 Å². The van der Waals surface area contributed by atoms with Gasteiger partial charge in [-0.25, -0.2) is 0 Å². The van der Waals surface area contributed by atoms with Crippen molar-refractivity contribution < 1.29 is 4.79 Å². The van der Waals surface area contributed by atoms with Crippen molar-refractivity contribution >= 4 is 23.2 Å². The number of halogens is 1. The summed E-state index contributed by atoms with van der Waals surface area (Å²) in [5.74, 6) is 0.784. The van der Waals surface area contributed by atoms with Gasteiger partial charge >= 0.3 is 0 Å². The van der Waals surface area contributed by atoms with Crippen molar-refractivity contribution in [2.75, 3.05) is 18.4 Å². The molecular weight excluding hydrogens is 224 g/mol. The zero-order chi connectivity index (χ0) is 11.4. The van der Waals surface area contributed by atoms with Crippen LogP contribution in [0.15, 0.2) is 24.3 Å². The van der Waals surface area contributed by atoms with Crippen LogP contribution in [-0.4, -0.2) is 19.0 Å². The monoisotopic (exact) mass is 238 g/mol. The smallest absolute Gasteiger partial charge is 0.238 e. The Balaban J connectivity index is 1.70. The van der Waals surface area contributed by atoms with E-state index in [2.05, 4.69) is 10.6 Å². The molecule has 3 nitrogen and oxygen atoms in total. The minimum absolute atomic E-state index is 0.0111. The standard InChI is InChI=1S/C12H15ClN2O/c13-10-3-5-11(6-4-10)15-12(16)8-14-7-9-1-2-9/h3-6,9,14H,1-2,7-8H2,(H,15,16). The third kappa shape index (κ3) is 3.83. The Bertz CT molecular complexity index is 360. The maximum atomic E-state index is 11.5. The first-order valence-corrected chi connectivity index (χ1v) is 5.88. The molecule has 1 aliphatic carbocycles. The van der Waals surface area contributed by atoms with Crippen LogP contribution in [0.4, 0.5) is 5.69 Å². The van der Waals surface area contributed by atoms with Gasteiger partial charge in [-0.2, -0.15) is 0 Å². The van der Waals surface area contributed by atoms with E-state index in [0.29, 0.717) is 11.6 Å². The molecule has 1 amide bonds. The highest BCUT2D eigenvalue weighted by Gasteiger charge is 2.20. The van der Waals surface area contributed by atoms with Gasteiger partial charge < -0.3 is 10.6 Å². The molecule has 0 saturated heterocycles. The van der Waals surface area contributed by atoms with Crippen LogP contribution in [0, 0.1) is 5.92 Å². The Morgan fingerprint density at radius 2 is 2.00 bits per heavy atom. The van der Waals surface area contributed by atoms with Crippen LogP contribution >= 0.6 is 11.6 Å². The molecule has 0 spiro atoms. The predicted molar refractivity (Wildman–Crippen MR) is 65.7 cm³/mol. The van der Waals surface area contributed by atoms with Crippen molar-refractivity contribution in [1.29, 1.82) is 0 Å². The summed E-state index contributed by atoms with van der Waals surface area (Å²) in [4.78, 5) is 11.5. The number of hydrogen-bond acceptors (Lipinski definition) is 2. The van der Waals surface area contributed by atoms with Gasteiger partial charge in [0.2, 0.25) is 5.91 Å². The topological polar surface area (TPSA) is 41.1 Å². The van der Waals surface area contributed by atoms with Gasteiger partial charge in [-0.15, -0.1) is 0 Å². The largest absolute Gasteiger partial charge is 0.325 e. The molecule has 0 heterocycles. The lowest BCUT2D eigenvalue weighted by molar-refractivity contribution is -0.115. The number of amides is 1. The summed E-state index contributed by atoms with van der Waals surface area (Å²) in [6, 6.07) is 7.10. The normalized spacial score (nSPS) is 14.8. The lowest BCUT2D eigenvalue weighted by Gasteiger charge is -2.06. The fourth-order valence-electron chi connectivity index (χ4n) is 1.45.